The summed E-state index contributed by atoms with van der Waals surface area (Å²) in [5, 5.41) is 2.34. The first-order chi connectivity index (χ1) is 9.06. The highest BCUT2D eigenvalue weighted by atomic mass is 35.5. The standard InChI is InChI=1S/C13H15ClN2OS2/c1-4-13(2)5-7-8(6-17-13)19-11-9(7)10(14)15-12(16-11)18-3/h4-6H2,1-3H3/t13-/m0/s1. The Morgan fingerprint density at radius 2 is 2.26 bits per heavy atom. The quantitative estimate of drug-likeness (QED) is 0.470. The van der Waals surface area contributed by atoms with E-state index in [4.69, 9.17) is 16.3 Å². The third-order valence-corrected chi connectivity index (χ3v) is 5.62. The maximum absolute atomic E-state index is 6.36. The van der Waals surface area contributed by atoms with Crippen molar-refractivity contribution in [3.05, 3.63) is 15.6 Å². The molecule has 0 saturated heterocycles. The van der Waals surface area contributed by atoms with E-state index in [1.54, 1.807) is 11.3 Å². The number of thiophene rings is 1. The Balaban J connectivity index is 2.18. The summed E-state index contributed by atoms with van der Waals surface area (Å²) in [6.45, 7) is 4.97. The van der Waals surface area contributed by atoms with Gasteiger partial charge in [-0.15, -0.1) is 11.3 Å². The van der Waals surface area contributed by atoms with Gasteiger partial charge in [-0.3, -0.25) is 0 Å². The zero-order valence-corrected chi connectivity index (χ0v) is 13.5. The summed E-state index contributed by atoms with van der Waals surface area (Å²) in [5.74, 6) is 0. The first-order valence-corrected chi connectivity index (χ1v) is 8.64. The van der Waals surface area contributed by atoms with Crippen LogP contribution in [0, 0.1) is 0 Å². The molecule has 3 rings (SSSR count). The minimum absolute atomic E-state index is 0.0947. The number of halogens is 1. The molecule has 0 unspecified atom stereocenters. The molecule has 3 heterocycles. The van der Waals surface area contributed by atoms with Crippen molar-refractivity contribution in [2.45, 2.75) is 44.1 Å². The molecule has 102 valence electrons. The van der Waals surface area contributed by atoms with Crippen molar-refractivity contribution < 1.29 is 4.74 Å². The van der Waals surface area contributed by atoms with E-state index in [-0.39, 0.29) is 5.60 Å². The van der Waals surface area contributed by atoms with Crippen molar-refractivity contribution in [2.75, 3.05) is 6.26 Å². The van der Waals surface area contributed by atoms with Gasteiger partial charge in [-0.05, 0) is 25.2 Å². The Hall–Kier alpha value is -0.360. The van der Waals surface area contributed by atoms with Crippen molar-refractivity contribution in [3.63, 3.8) is 0 Å². The number of nitrogens with zero attached hydrogens (tertiary/aromatic N) is 2. The topological polar surface area (TPSA) is 35.0 Å². The van der Waals surface area contributed by atoms with E-state index in [0.29, 0.717) is 11.8 Å². The van der Waals surface area contributed by atoms with Crippen LogP contribution in [0.25, 0.3) is 10.2 Å². The smallest absolute Gasteiger partial charge is 0.190 e. The predicted octanol–water partition coefficient (Wildman–Crippen LogP) is 4.31. The largest absolute Gasteiger partial charge is 0.369 e. The van der Waals surface area contributed by atoms with Crippen LogP contribution in [0.5, 0.6) is 0 Å². The minimum atomic E-state index is -0.0947. The van der Waals surface area contributed by atoms with Gasteiger partial charge in [0.15, 0.2) is 5.16 Å². The van der Waals surface area contributed by atoms with Crippen molar-refractivity contribution in [3.8, 4) is 0 Å². The second-order valence-corrected chi connectivity index (χ2v) is 7.17. The van der Waals surface area contributed by atoms with Gasteiger partial charge in [0.1, 0.15) is 9.98 Å². The van der Waals surface area contributed by atoms with E-state index in [2.05, 4.69) is 23.8 Å². The molecule has 1 atom stereocenters. The summed E-state index contributed by atoms with van der Waals surface area (Å²) in [6, 6.07) is 0. The molecule has 0 spiro atoms. The van der Waals surface area contributed by atoms with Crippen molar-refractivity contribution >= 4 is 44.9 Å². The number of aromatic nitrogens is 2. The van der Waals surface area contributed by atoms with E-state index >= 15 is 0 Å². The molecule has 0 aliphatic carbocycles. The number of hydrogen-bond acceptors (Lipinski definition) is 5. The van der Waals surface area contributed by atoms with Crippen molar-refractivity contribution in [2.24, 2.45) is 0 Å². The molecule has 0 radical (unpaired) electrons. The van der Waals surface area contributed by atoms with Gasteiger partial charge >= 0.3 is 0 Å². The molecule has 6 heteroatoms. The van der Waals surface area contributed by atoms with Gasteiger partial charge in [-0.2, -0.15) is 0 Å². The van der Waals surface area contributed by atoms with Crippen LogP contribution in [0.1, 0.15) is 30.7 Å². The van der Waals surface area contributed by atoms with Crippen LogP contribution < -0.4 is 0 Å². The molecule has 3 nitrogen and oxygen atoms in total. The maximum Gasteiger partial charge on any atom is 0.190 e. The fourth-order valence-corrected chi connectivity index (χ4v) is 4.24. The Labute approximate surface area is 125 Å². The Morgan fingerprint density at radius 1 is 1.47 bits per heavy atom. The van der Waals surface area contributed by atoms with E-state index in [1.165, 1.54) is 22.2 Å². The number of fused-ring (bicyclic) bond motifs is 3. The molecule has 1 aliphatic heterocycles. The third-order valence-electron chi connectivity index (χ3n) is 3.70. The fourth-order valence-electron chi connectivity index (χ4n) is 2.33. The number of thioether (sulfide) groups is 1. The first kappa shape index (κ1) is 13.6. The summed E-state index contributed by atoms with van der Waals surface area (Å²) in [6.07, 6.45) is 3.84. The lowest BCUT2D eigenvalue weighted by Gasteiger charge is -2.33. The Kier molecular flexibility index (Phi) is 3.50. The first-order valence-electron chi connectivity index (χ1n) is 6.22. The average Bonchev–Trinajstić information content (AvgIpc) is 2.76. The Bertz CT molecular complexity index is 643. The maximum atomic E-state index is 6.36. The zero-order chi connectivity index (χ0) is 13.6. The van der Waals surface area contributed by atoms with Gasteiger partial charge in [0.05, 0.1) is 17.6 Å². The van der Waals surface area contributed by atoms with E-state index in [1.807, 2.05) is 6.26 Å². The molecule has 2 aromatic rings. The lowest BCUT2D eigenvalue weighted by molar-refractivity contribution is -0.0543. The molecule has 0 N–H and O–H groups in total. The van der Waals surface area contributed by atoms with Gasteiger partial charge in [0.25, 0.3) is 0 Å². The highest BCUT2D eigenvalue weighted by molar-refractivity contribution is 7.98. The molecule has 19 heavy (non-hydrogen) atoms. The number of ether oxygens (including phenoxy) is 1. The molecule has 0 amide bonds. The van der Waals surface area contributed by atoms with Gasteiger partial charge in [0.2, 0.25) is 0 Å². The average molecular weight is 315 g/mol. The minimum Gasteiger partial charge on any atom is -0.369 e. The lowest BCUT2D eigenvalue weighted by atomic mass is 9.90. The molecule has 0 fully saturated rings. The van der Waals surface area contributed by atoms with Gasteiger partial charge in [-0.25, -0.2) is 9.97 Å². The molecular formula is C13H15ClN2OS2. The van der Waals surface area contributed by atoms with Gasteiger partial charge in [-0.1, -0.05) is 30.3 Å². The second-order valence-electron chi connectivity index (χ2n) is 4.95. The number of hydrogen-bond donors (Lipinski definition) is 0. The van der Waals surface area contributed by atoms with Gasteiger partial charge < -0.3 is 4.74 Å². The van der Waals surface area contributed by atoms with Crippen LogP contribution in [0.3, 0.4) is 0 Å². The van der Waals surface area contributed by atoms with Crippen molar-refractivity contribution in [1.82, 2.24) is 9.97 Å². The molecular weight excluding hydrogens is 300 g/mol. The van der Waals surface area contributed by atoms with Crippen molar-refractivity contribution in [1.29, 1.82) is 0 Å². The van der Waals surface area contributed by atoms with Crippen LogP contribution in [0.2, 0.25) is 5.15 Å². The summed E-state index contributed by atoms with van der Waals surface area (Å²) in [7, 11) is 0. The SMILES string of the molecule is CC[C@@]1(C)Cc2c(sc3nc(SC)nc(Cl)c23)CO1. The van der Waals surface area contributed by atoms with E-state index in [9.17, 15) is 0 Å². The molecule has 1 aliphatic rings. The molecule has 0 aromatic carbocycles. The molecule has 0 bridgehead atoms. The van der Waals surface area contributed by atoms with Crippen LogP contribution in [-0.4, -0.2) is 21.8 Å². The summed E-state index contributed by atoms with van der Waals surface area (Å²) in [4.78, 5) is 11.2. The highest BCUT2D eigenvalue weighted by Gasteiger charge is 2.32. The number of rotatable bonds is 2. The predicted molar refractivity (Wildman–Crippen MR) is 81.4 cm³/mol. The highest BCUT2D eigenvalue weighted by Crippen LogP contribution is 2.41. The Morgan fingerprint density at radius 3 is 2.95 bits per heavy atom. The third kappa shape index (κ3) is 2.27. The summed E-state index contributed by atoms with van der Waals surface area (Å²) >= 11 is 9.55. The molecule has 2 aromatic heterocycles. The second kappa shape index (κ2) is 4.88. The normalized spacial score (nSPS) is 22.7. The van der Waals surface area contributed by atoms with E-state index < -0.39 is 0 Å². The van der Waals surface area contributed by atoms with Gasteiger partial charge in [0, 0.05) is 11.3 Å². The van der Waals surface area contributed by atoms with Crippen LogP contribution in [0.4, 0.5) is 0 Å². The van der Waals surface area contributed by atoms with E-state index in [0.717, 1.165) is 28.2 Å². The van der Waals surface area contributed by atoms with Crippen LogP contribution in [-0.2, 0) is 17.8 Å². The lowest BCUT2D eigenvalue weighted by Crippen LogP contribution is -2.33. The fraction of sp³-hybridized carbons (Fsp3) is 0.538. The summed E-state index contributed by atoms with van der Waals surface area (Å²) in [5.41, 5.74) is 1.19. The zero-order valence-electron chi connectivity index (χ0n) is 11.1. The summed E-state index contributed by atoms with van der Waals surface area (Å²) < 4.78 is 5.98. The monoisotopic (exact) mass is 314 g/mol. The molecule has 0 saturated carbocycles. The van der Waals surface area contributed by atoms with Crippen LogP contribution >= 0.6 is 34.7 Å². The van der Waals surface area contributed by atoms with Crippen LogP contribution in [0.15, 0.2) is 5.16 Å².